The van der Waals surface area contributed by atoms with Gasteiger partial charge in [-0.1, -0.05) is 13.3 Å². The number of fused-ring (bicyclic) bond motifs is 1. The van der Waals surface area contributed by atoms with Gasteiger partial charge in [0.2, 0.25) is 15.9 Å². The molecular formula is C16H22N2O3S. The summed E-state index contributed by atoms with van der Waals surface area (Å²) >= 11 is 0. The van der Waals surface area contributed by atoms with Crippen LogP contribution in [0.2, 0.25) is 0 Å². The maximum absolute atomic E-state index is 12.8. The van der Waals surface area contributed by atoms with E-state index in [-0.39, 0.29) is 5.91 Å². The summed E-state index contributed by atoms with van der Waals surface area (Å²) in [6.45, 7) is 3.33. The third kappa shape index (κ3) is 2.90. The second-order valence-electron chi connectivity index (χ2n) is 6.15. The molecule has 2 aliphatic rings. The number of sulfonamides is 1. The van der Waals surface area contributed by atoms with Crippen LogP contribution in [-0.2, 0) is 21.2 Å². The summed E-state index contributed by atoms with van der Waals surface area (Å²) in [4.78, 5) is 11.7. The second kappa shape index (κ2) is 6.01. The minimum absolute atomic E-state index is 0.00933. The number of anilines is 1. The van der Waals surface area contributed by atoms with Crippen LogP contribution in [0.5, 0.6) is 0 Å². The van der Waals surface area contributed by atoms with Crippen LogP contribution in [-0.4, -0.2) is 31.7 Å². The number of carbonyl (C=O) groups is 1. The Morgan fingerprint density at radius 1 is 1.32 bits per heavy atom. The Kier molecular flexibility index (Phi) is 4.23. The number of hydrogen-bond donors (Lipinski definition) is 1. The molecule has 5 nitrogen and oxygen atoms in total. The average Bonchev–Trinajstić information content (AvgIpc) is 2.54. The zero-order valence-electron chi connectivity index (χ0n) is 12.8. The topological polar surface area (TPSA) is 66.5 Å². The van der Waals surface area contributed by atoms with Crippen LogP contribution in [0.15, 0.2) is 23.1 Å². The Labute approximate surface area is 131 Å². The van der Waals surface area contributed by atoms with E-state index in [1.54, 1.807) is 22.5 Å². The van der Waals surface area contributed by atoms with Crippen LogP contribution < -0.4 is 5.32 Å². The van der Waals surface area contributed by atoms with Crippen molar-refractivity contribution in [3.8, 4) is 0 Å². The normalized spacial score (nSPS) is 23.0. The van der Waals surface area contributed by atoms with Crippen LogP contribution in [0, 0.1) is 5.92 Å². The highest BCUT2D eigenvalue weighted by Crippen LogP contribution is 2.29. The van der Waals surface area contributed by atoms with Gasteiger partial charge in [0.25, 0.3) is 0 Å². The summed E-state index contributed by atoms with van der Waals surface area (Å²) in [5.41, 5.74) is 1.64. The summed E-state index contributed by atoms with van der Waals surface area (Å²) in [7, 11) is -3.43. The molecule has 1 fully saturated rings. The molecule has 0 saturated carbocycles. The smallest absolute Gasteiger partial charge is 0.243 e. The van der Waals surface area contributed by atoms with Gasteiger partial charge in [-0.2, -0.15) is 4.31 Å². The maximum Gasteiger partial charge on any atom is 0.243 e. The van der Waals surface area contributed by atoms with E-state index in [0.29, 0.717) is 36.7 Å². The maximum atomic E-state index is 12.8. The first kappa shape index (κ1) is 15.5. The molecule has 3 rings (SSSR count). The number of hydrogen-bond acceptors (Lipinski definition) is 3. The number of nitrogens with one attached hydrogen (secondary N) is 1. The van der Waals surface area contributed by atoms with E-state index in [1.165, 1.54) is 0 Å². The van der Waals surface area contributed by atoms with E-state index in [4.69, 9.17) is 0 Å². The van der Waals surface area contributed by atoms with Gasteiger partial charge in [0.05, 0.1) is 4.90 Å². The van der Waals surface area contributed by atoms with E-state index < -0.39 is 10.0 Å². The Bertz CT molecular complexity index is 685. The Morgan fingerprint density at radius 3 is 2.91 bits per heavy atom. The fourth-order valence-corrected chi connectivity index (χ4v) is 4.85. The van der Waals surface area contributed by atoms with Gasteiger partial charge in [0.15, 0.2) is 0 Å². The van der Waals surface area contributed by atoms with Gasteiger partial charge >= 0.3 is 0 Å². The Balaban J connectivity index is 1.88. The van der Waals surface area contributed by atoms with Crippen molar-refractivity contribution in [2.45, 2.75) is 43.9 Å². The molecule has 2 heterocycles. The van der Waals surface area contributed by atoms with Gasteiger partial charge in [-0.05, 0) is 48.9 Å². The largest absolute Gasteiger partial charge is 0.326 e. The molecule has 1 aromatic carbocycles. The molecular weight excluding hydrogens is 300 g/mol. The number of amides is 1. The summed E-state index contributed by atoms with van der Waals surface area (Å²) in [5.74, 6) is 0.449. The first-order valence-electron chi connectivity index (χ1n) is 7.93. The molecule has 1 aromatic rings. The molecule has 0 unspecified atom stereocenters. The SMILES string of the molecule is CC[C@@H]1CCCN(S(=O)(=O)c2ccc3c(c2)CCC(=O)N3)C1. The van der Waals surface area contributed by atoms with Gasteiger partial charge < -0.3 is 5.32 Å². The fourth-order valence-electron chi connectivity index (χ4n) is 3.25. The van der Waals surface area contributed by atoms with Crippen LogP contribution >= 0.6 is 0 Å². The standard InChI is InChI=1S/C16H22N2O3S/c1-2-12-4-3-9-18(11-12)22(20,21)14-6-7-15-13(10-14)5-8-16(19)17-15/h6-7,10,12H,2-5,8-9,11H2,1H3,(H,17,19)/t12-/m1/s1. The minimum atomic E-state index is -3.43. The van der Waals surface area contributed by atoms with E-state index >= 15 is 0 Å². The lowest BCUT2D eigenvalue weighted by Crippen LogP contribution is -2.39. The highest BCUT2D eigenvalue weighted by Gasteiger charge is 2.30. The minimum Gasteiger partial charge on any atom is -0.326 e. The predicted molar refractivity (Wildman–Crippen MR) is 85.2 cm³/mol. The van der Waals surface area contributed by atoms with E-state index in [2.05, 4.69) is 12.2 Å². The zero-order valence-corrected chi connectivity index (χ0v) is 13.7. The molecule has 120 valence electrons. The van der Waals surface area contributed by atoms with Crippen molar-refractivity contribution in [3.05, 3.63) is 23.8 Å². The lowest BCUT2D eigenvalue weighted by Gasteiger charge is -2.31. The molecule has 1 saturated heterocycles. The number of aryl methyl sites for hydroxylation is 1. The van der Waals surface area contributed by atoms with E-state index in [0.717, 1.165) is 30.5 Å². The monoisotopic (exact) mass is 322 g/mol. The van der Waals surface area contributed by atoms with Gasteiger partial charge in [0, 0.05) is 25.2 Å². The lowest BCUT2D eigenvalue weighted by molar-refractivity contribution is -0.116. The quantitative estimate of drug-likeness (QED) is 0.929. The Morgan fingerprint density at radius 2 is 2.14 bits per heavy atom. The molecule has 0 bridgehead atoms. The molecule has 1 amide bonds. The van der Waals surface area contributed by atoms with Crippen LogP contribution in [0.3, 0.4) is 0 Å². The van der Waals surface area contributed by atoms with Crippen molar-refractivity contribution in [3.63, 3.8) is 0 Å². The number of benzene rings is 1. The Hall–Kier alpha value is -1.40. The zero-order chi connectivity index (χ0) is 15.7. The molecule has 0 aliphatic carbocycles. The van der Waals surface area contributed by atoms with Gasteiger partial charge in [0.1, 0.15) is 0 Å². The molecule has 1 N–H and O–H groups in total. The van der Waals surface area contributed by atoms with Gasteiger partial charge in [-0.3, -0.25) is 4.79 Å². The molecule has 6 heteroatoms. The summed E-state index contributed by atoms with van der Waals surface area (Å²) in [5, 5.41) is 2.79. The summed E-state index contributed by atoms with van der Waals surface area (Å²) < 4.78 is 27.3. The third-order valence-corrected chi connectivity index (χ3v) is 6.53. The molecule has 1 atom stereocenters. The van der Waals surface area contributed by atoms with E-state index in [1.807, 2.05) is 0 Å². The van der Waals surface area contributed by atoms with Crippen molar-refractivity contribution in [2.75, 3.05) is 18.4 Å². The fraction of sp³-hybridized carbons (Fsp3) is 0.562. The van der Waals surface area contributed by atoms with Gasteiger partial charge in [-0.25, -0.2) is 8.42 Å². The van der Waals surface area contributed by atoms with Crippen molar-refractivity contribution in [1.82, 2.24) is 4.31 Å². The van der Waals surface area contributed by atoms with Crippen molar-refractivity contribution >= 4 is 21.6 Å². The first-order valence-corrected chi connectivity index (χ1v) is 9.37. The van der Waals surface area contributed by atoms with Crippen molar-refractivity contribution < 1.29 is 13.2 Å². The van der Waals surface area contributed by atoms with Crippen molar-refractivity contribution in [2.24, 2.45) is 5.92 Å². The van der Waals surface area contributed by atoms with Crippen LogP contribution in [0.4, 0.5) is 5.69 Å². The second-order valence-corrected chi connectivity index (χ2v) is 8.08. The highest BCUT2D eigenvalue weighted by atomic mass is 32.2. The lowest BCUT2D eigenvalue weighted by atomic mass is 9.97. The molecule has 0 radical (unpaired) electrons. The average molecular weight is 322 g/mol. The number of piperidine rings is 1. The number of carbonyl (C=O) groups excluding carboxylic acids is 1. The first-order chi connectivity index (χ1) is 10.5. The van der Waals surface area contributed by atoms with Crippen LogP contribution in [0.1, 0.15) is 38.2 Å². The number of nitrogens with zero attached hydrogens (tertiary/aromatic N) is 1. The highest BCUT2D eigenvalue weighted by molar-refractivity contribution is 7.89. The predicted octanol–water partition coefficient (Wildman–Crippen LogP) is 2.38. The van der Waals surface area contributed by atoms with Gasteiger partial charge in [-0.15, -0.1) is 0 Å². The van der Waals surface area contributed by atoms with Crippen molar-refractivity contribution in [1.29, 1.82) is 0 Å². The van der Waals surface area contributed by atoms with E-state index in [9.17, 15) is 13.2 Å². The molecule has 0 spiro atoms. The molecule has 2 aliphatic heterocycles. The molecule has 0 aromatic heterocycles. The number of rotatable bonds is 3. The molecule has 22 heavy (non-hydrogen) atoms. The third-order valence-electron chi connectivity index (χ3n) is 4.67. The summed E-state index contributed by atoms with van der Waals surface area (Å²) in [6.07, 6.45) is 4.07. The van der Waals surface area contributed by atoms with Crippen LogP contribution in [0.25, 0.3) is 0 Å². The summed E-state index contributed by atoms with van der Waals surface area (Å²) in [6, 6.07) is 5.04.